The van der Waals surface area contributed by atoms with Gasteiger partial charge in [0.2, 0.25) is 5.91 Å². The van der Waals surface area contributed by atoms with Crippen LogP contribution in [0.3, 0.4) is 0 Å². The van der Waals surface area contributed by atoms with Gasteiger partial charge < -0.3 is 15.4 Å². The number of hydrogen-bond acceptors (Lipinski definition) is 6. The molecule has 2 aliphatic rings. The van der Waals surface area contributed by atoms with Crippen molar-refractivity contribution in [3.8, 4) is 0 Å². The predicted octanol–water partition coefficient (Wildman–Crippen LogP) is 1.67. The molecule has 7 heteroatoms. The van der Waals surface area contributed by atoms with Gasteiger partial charge in [-0.2, -0.15) is 0 Å². The lowest BCUT2D eigenvalue weighted by Crippen LogP contribution is -2.47. The van der Waals surface area contributed by atoms with Gasteiger partial charge in [-0.15, -0.1) is 11.3 Å². The molecule has 0 aromatic carbocycles. The van der Waals surface area contributed by atoms with Crippen molar-refractivity contribution in [2.75, 3.05) is 39.9 Å². The molecule has 2 N–H and O–H groups in total. The molecule has 0 saturated carbocycles. The molecule has 2 atom stereocenters. The number of thiazole rings is 1. The van der Waals surface area contributed by atoms with E-state index in [1.165, 1.54) is 4.88 Å². The van der Waals surface area contributed by atoms with Gasteiger partial charge in [0.05, 0.1) is 17.1 Å². The summed E-state index contributed by atoms with van der Waals surface area (Å²) in [5.74, 6) is 0.317. The van der Waals surface area contributed by atoms with Crippen molar-refractivity contribution in [3.05, 3.63) is 16.1 Å². The average Bonchev–Trinajstić information content (AvgIpc) is 2.96. The van der Waals surface area contributed by atoms with Crippen molar-refractivity contribution in [1.29, 1.82) is 0 Å². The van der Waals surface area contributed by atoms with E-state index in [0.717, 1.165) is 70.6 Å². The first-order valence-corrected chi connectivity index (χ1v) is 10.6. The third kappa shape index (κ3) is 5.03. The van der Waals surface area contributed by atoms with E-state index >= 15 is 0 Å². The number of carbonyl (C=O) groups is 1. The summed E-state index contributed by atoms with van der Waals surface area (Å²) in [6.07, 6.45) is 4.80. The lowest BCUT2D eigenvalue weighted by Gasteiger charge is -2.36. The van der Waals surface area contributed by atoms with Crippen molar-refractivity contribution < 1.29 is 9.53 Å². The maximum absolute atomic E-state index is 13.1. The maximum Gasteiger partial charge on any atom is 0.226 e. The number of nitrogens with two attached hydrogens (primary N) is 1. The summed E-state index contributed by atoms with van der Waals surface area (Å²) in [6.45, 7) is 6.17. The van der Waals surface area contributed by atoms with E-state index in [4.69, 9.17) is 10.5 Å². The van der Waals surface area contributed by atoms with Crippen molar-refractivity contribution in [2.45, 2.75) is 51.1 Å². The smallest absolute Gasteiger partial charge is 0.226 e. The number of ether oxygens (including phenoxy) is 1. The summed E-state index contributed by atoms with van der Waals surface area (Å²) in [6, 6.07) is 0.675. The highest BCUT2D eigenvalue weighted by atomic mass is 32.1. The van der Waals surface area contributed by atoms with Gasteiger partial charge >= 0.3 is 0 Å². The van der Waals surface area contributed by atoms with E-state index in [1.54, 1.807) is 11.3 Å². The lowest BCUT2D eigenvalue weighted by atomic mass is 9.99. The topological polar surface area (TPSA) is 71.7 Å². The second-order valence-corrected chi connectivity index (χ2v) is 8.64. The molecular weight excluding hydrogens is 348 g/mol. The summed E-state index contributed by atoms with van der Waals surface area (Å²) in [5, 5.41) is 0. The number of aromatic nitrogens is 1. The second kappa shape index (κ2) is 9.26. The third-order valence-corrected chi connectivity index (χ3v) is 6.76. The van der Waals surface area contributed by atoms with Gasteiger partial charge in [-0.25, -0.2) is 4.98 Å². The van der Waals surface area contributed by atoms with E-state index in [0.29, 0.717) is 6.04 Å². The highest BCUT2D eigenvalue weighted by molar-refractivity contribution is 7.09. The molecule has 0 radical (unpaired) electrons. The summed E-state index contributed by atoms with van der Waals surface area (Å²) < 4.78 is 5.50. The summed E-state index contributed by atoms with van der Waals surface area (Å²) in [5.41, 5.74) is 9.27. The molecule has 0 unspecified atom stereocenters. The minimum atomic E-state index is 0.0546. The molecule has 2 fully saturated rings. The summed E-state index contributed by atoms with van der Waals surface area (Å²) in [4.78, 5) is 23.0. The van der Waals surface area contributed by atoms with Crippen LogP contribution >= 0.6 is 11.3 Å². The molecule has 0 bridgehead atoms. The normalized spacial score (nSPS) is 25.8. The number of amides is 1. The molecule has 2 aliphatic heterocycles. The fourth-order valence-electron chi connectivity index (χ4n) is 4.06. The summed E-state index contributed by atoms with van der Waals surface area (Å²) >= 11 is 1.68. The van der Waals surface area contributed by atoms with Crippen LogP contribution in [0.15, 0.2) is 5.51 Å². The molecule has 0 spiro atoms. The Kier molecular flexibility index (Phi) is 7.03. The second-order valence-electron chi connectivity index (χ2n) is 7.70. The zero-order valence-electron chi connectivity index (χ0n) is 16.0. The summed E-state index contributed by atoms with van der Waals surface area (Å²) in [7, 11) is 1.93. The Morgan fingerprint density at radius 3 is 2.81 bits per heavy atom. The zero-order chi connectivity index (χ0) is 18.5. The van der Waals surface area contributed by atoms with Gasteiger partial charge in [0.1, 0.15) is 0 Å². The number of aryl methyl sites for hydroxylation is 1. The number of carbonyl (C=O) groups excluding carboxylic acids is 1. The average molecular weight is 381 g/mol. The number of likely N-dealkylation sites (N-methyl/N-ethyl adjacent to an activating group) is 1. The third-order valence-electron chi connectivity index (χ3n) is 5.76. The molecule has 26 heavy (non-hydrogen) atoms. The fourth-order valence-corrected chi connectivity index (χ4v) is 4.83. The van der Waals surface area contributed by atoms with Gasteiger partial charge in [-0.1, -0.05) is 0 Å². The highest BCUT2D eigenvalue weighted by Gasteiger charge is 2.32. The SMILES string of the molecule is Cc1ncsc1CCN(C)C(=O)[C@@H]1CC[C@H](N)CN(C2CCOCC2)C1. The molecular formula is C19H32N4O2S. The van der Waals surface area contributed by atoms with E-state index < -0.39 is 0 Å². The van der Waals surface area contributed by atoms with Crippen molar-refractivity contribution in [1.82, 2.24) is 14.8 Å². The van der Waals surface area contributed by atoms with Crippen LogP contribution in [0.2, 0.25) is 0 Å². The van der Waals surface area contributed by atoms with E-state index in [9.17, 15) is 4.79 Å². The molecule has 2 saturated heterocycles. The van der Waals surface area contributed by atoms with E-state index in [-0.39, 0.29) is 17.9 Å². The number of likely N-dealkylation sites (tertiary alicyclic amines) is 1. The van der Waals surface area contributed by atoms with Gasteiger partial charge in [0.25, 0.3) is 0 Å². The van der Waals surface area contributed by atoms with E-state index in [2.05, 4.69) is 9.88 Å². The predicted molar refractivity (Wildman–Crippen MR) is 104 cm³/mol. The van der Waals surface area contributed by atoms with Gasteiger partial charge in [0, 0.05) is 63.3 Å². The first-order chi connectivity index (χ1) is 12.5. The molecule has 0 aliphatic carbocycles. The first-order valence-electron chi connectivity index (χ1n) is 9.76. The van der Waals surface area contributed by atoms with Crippen LogP contribution < -0.4 is 5.73 Å². The van der Waals surface area contributed by atoms with Crippen molar-refractivity contribution in [2.24, 2.45) is 11.7 Å². The fraction of sp³-hybridized carbons (Fsp3) is 0.789. The molecule has 1 aromatic heterocycles. The Labute approximate surface area is 160 Å². The minimum absolute atomic E-state index is 0.0546. The highest BCUT2D eigenvalue weighted by Crippen LogP contribution is 2.24. The standard InChI is InChI=1S/C19H32N4O2S/c1-14-18(26-13-21-14)5-8-22(2)19(24)15-3-4-16(20)12-23(11-15)17-6-9-25-10-7-17/h13,15-17H,3-12,20H2,1-2H3/t15-,16+/m1/s1. The maximum atomic E-state index is 13.1. The van der Waals surface area contributed by atoms with Gasteiger partial charge in [-0.05, 0) is 32.6 Å². The lowest BCUT2D eigenvalue weighted by molar-refractivity contribution is -0.135. The van der Waals surface area contributed by atoms with Crippen LogP contribution in [-0.2, 0) is 16.0 Å². The molecule has 1 amide bonds. The van der Waals surface area contributed by atoms with Gasteiger partial charge in [-0.3, -0.25) is 9.69 Å². The first kappa shape index (κ1) is 19.7. The minimum Gasteiger partial charge on any atom is -0.381 e. The van der Waals surface area contributed by atoms with Crippen molar-refractivity contribution in [3.63, 3.8) is 0 Å². The quantitative estimate of drug-likeness (QED) is 0.841. The molecule has 3 rings (SSSR count). The van der Waals surface area contributed by atoms with Crippen LogP contribution in [-0.4, -0.2) is 72.7 Å². The van der Waals surface area contributed by atoms with Crippen LogP contribution in [0, 0.1) is 12.8 Å². The number of hydrogen-bond donors (Lipinski definition) is 1. The van der Waals surface area contributed by atoms with Crippen molar-refractivity contribution >= 4 is 17.2 Å². The number of nitrogens with zero attached hydrogens (tertiary/aromatic N) is 3. The van der Waals surface area contributed by atoms with Crippen LogP contribution in [0.1, 0.15) is 36.3 Å². The molecule has 1 aromatic rings. The van der Waals surface area contributed by atoms with Gasteiger partial charge in [0.15, 0.2) is 0 Å². The Morgan fingerprint density at radius 1 is 1.35 bits per heavy atom. The van der Waals surface area contributed by atoms with Crippen LogP contribution in [0.5, 0.6) is 0 Å². The number of rotatable bonds is 5. The van der Waals surface area contributed by atoms with Crippen LogP contribution in [0.4, 0.5) is 0 Å². The largest absolute Gasteiger partial charge is 0.381 e. The molecule has 6 nitrogen and oxygen atoms in total. The molecule has 3 heterocycles. The Bertz CT molecular complexity index is 588. The van der Waals surface area contributed by atoms with Crippen LogP contribution in [0.25, 0.3) is 0 Å². The molecule has 146 valence electrons. The van der Waals surface area contributed by atoms with E-state index in [1.807, 2.05) is 24.4 Å². The Morgan fingerprint density at radius 2 is 2.12 bits per heavy atom. The monoisotopic (exact) mass is 380 g/mol. The zero-order valence-corrected chi connectivity index (χ0v) is 16.8. The Balaban J connectivity index is 1.58. The Hall–Kier alpha value is -1.02.